The molecule has 0 heterocycles. The number of unbranched alkanes of at least 4 members (excludes halogenated alkanes) is 3. The number of ether oxygens (including phenoxy) is 2. The van der Waals surface area contributed by atoms with E-state index in [4.69, 9.17) is 21.1 Å². The molecule has 0 aliphatic rings. The van der Waals surface area contributed by atoms with E-state index >= 15 is 0 Å². The number of carbonyl (C=O) groups excluding carboxylic acids is 1. The highest BCUT2D eigenvalue weighted by atomic mass is 35.5. The van der Waals surface area contributed by atoms with Gasteiger partial charge in [0.25, 0.3) is 0 Å². The first-order chi connectivity index (χ1) is 10.1. The lowest BCUT2D eigenvalue weighted by atomic mass is 10.0. The molecular weight excluding hydrogens is 288 g/mol. The molecule has 1 rings (SSSR count). The molecule has 0 N–H and O–H groups in total. The second-order valence-electron chi connectivity index (χ2n) is 4.88. The minimum Gasteiger partial charge on any atom is -0.490 e. The van der Waals surface area contributed by atoms with E-state index in [2.05, 4.69) is 6.92 Å². The molecule has 118 valence electrons. The molecule has 3 nitrogen and oxygen atoms in total. The van der Waals surface area contributed by atoms with Gasteiger partial charge in [0, 0.05) is 18.1 Å². The fourth-order valence-electron chi connectivity index (χ4n) is 2.13. The number of carbonyl (C=O) groups is 1. The molecule has 0 aliphatic heterocycles. The third kappa shape index (κ3) is 5.58. The summed E-state index contributed by atoms with van der Waals surface area (Å²) in [6.45, 7) is 7.00. The molecule has 0 amide bonds. The van der Waals surface area contributed by atoms with Crippen LogP contribution in [0.25, 0.3) is 0 Å². The van der Waals surface area contributed by atoms with Crippen LogP contribution in [0.5, 0.6) is 11.5 Å². The molecule has 0 aromatic heterocycles. The van der Waals surface area contributed by atoms with Gasteiger partial charge in [-0.15, -0.1) is 0 Å². The molecule has 0 fully saturated rings. The van der Waals surface area contributed by atoms with Gasteiger partial charge in [-0.25, -0.2) is 0 Å². The summed E-state index contributed by atoms with van der Waals surface area (Å²) in [6, 6.07) is 3.38. The molecule has 4 heteroatoms. The van der Waals surface area contributed by atoms with Gasteiger partial charge in [-0.1, -0.05) is 37.8 Å². The van der Waals surface area contributed by atoms with E-state index in [1.807, 2.05) is 13.8 Å². The molecular formula is C17H25ClO3. The SMILES string of the molecule is CCCCCCC(=O)c1cc(OCC)c(OCC)cc1Cl. The second-order valence-corrected chi connectivity index (χ2v) is 5.29. The molecule has 0 radical (unpaired) electrons. The highest BCUT2D eigenvalue weighted by Crippen LogP contribution is 2.34. The maximum Gasteiger partial charge on any atom is 0.164 e. The summed E-state index contributed by atoms with van der Waals surface area (Å²) in [5.74, 6) is 1.24. The van der Waals surface area contributed by atoms with Crippen molar-refractivity contribution in [2.75, 3.05) is 13.2 Å². The summed E-state index contributed by atoms with van der Waals surface area (Å²) in [7, 11) is 0. The molecule has 0 bridgehead atoms. The molecule has 0 atom stereocenters. The van der Waals surface area contributed by atoms with Gasteiger partial charge in [0.2, 0.25) is 0 Å². The Kier molecular flexibility index (Phi) is 8.21. The zero-order chi connectivity index (χ0) is 15.7. The summed E-state index contributed by atoms with van der Waals surface area (Å²) >= 11 is 6.22. The smallest absolute Gasteiger partial charge is 0.164 e. The molecule has 0 saturated heterocycles. The minimum absolute atomic E-state index is 0.0695. The van der Waals surface area contributed by atoms with Crippen molar-refractivity contribution in [2.45, 2.75) is 52.9 Å². The van der Waals surface area contributed by atoms with Crippen LogP contribution >= 0.6 is 11.6 Å². The molecule has 1 aromatic rings. The van der Waals surface area contributed by atoms with Gasteiger partial charge in [0.05, 0.1) is 18.2 Å². The quantitative estimate of drug-likeness (QED) is 0.435. The fraction of sp³-hybridized carbons (Fsp3) is 0.588. The number of halogens is 1. The highest BCUT2D eigenvalue weighted by Gasteiger charge is 2.16. The van der Waals surface area contributed by atoms with E-state index in [9.17, 15) is 4.79 Å². The summed E-state index contributed by atoms with van der Waals surface area (Å²) in [5.41, 5.74) is 0.528. The van der Waals surface area contributed by atoms with Gasteiger partial charge in [-0.05, 0) is 26.3 Å². The van der Waals surface area contributed by atoms with Crippen molar-refractivity contribution in [1.82, 2.24) is 0 Å². The van der Waals surface area contributed by atoms with E-state index < -0.39 is 0 Å². The van der Waals surface area contributed by atoms with Crippen molar-refractivity contribution in [3.63, 3.8) is 0 Å². The summed E-state index contributed by atoms with van der Waals surface area (Å²) in [4.78, 5) is 12.3. The van der Waals surface area contributed by atoms with Crippen molar-refractivity contribution >= 4 is 17.4 Å². The van der Waals surface area contributed by atoms with Crippen LogP contribution in [-0.2, 0) is 0 Å². The van der Waals surface area contributed by atoms with E-state index in [1.54, 1.807) is 12.1 Å². The van der Waals surface area contributed by atoms with E-state index in [0.717, 1.165) is 25.7 Å². The Hall–Kier alpha value is -1.22. The van der Waals surface area contributed by atoms with Crippen LogP contribution in [0.3, 0.4) is 0 Å². The van der Waals surface area contributed by atoms with Crippen LogP contribution < -0.4 is 9.47 Å². The van der Waals surface area contributed by atoms with Gasteiger partial charge >= 0.3 is 0 Å². The summed E-state index contributed by atoms with van der Waals surface area (Å²) in [6.07, 6.45) is 4.83. The number of rotatable bonds is 10. The fourth-order valence-corrected chi connectivity index (χ4v) is 2.39. The standard InChI is InChI=1S/C17H25ClO3/c1-4-7-8-9-10-15(19)13-11-16(20-5-2)17(21-6-3)12-14(13)18/h11-12H,4-10H2,1-3H3. The van der Waals surface area contributed by atoms with Gasteiger partial charge in [-0.2, -0.15) is 0 Å². The van der Waals surface area contributed by atoms with Crippen molar-refractivity contribution in [1.29, 1.82) is 0 Å². The average Bonchev–Trinajstić information content (AvgIpc) is 2.46. The Labute approximate surface area is 132 Å². The van der Waals surface area contributed by atoms with Gasteiger partial charge < -0.3 is 9.47 Å². The third-order valence-electron chi connectivity index (χ3n) is 3.19. The lowest BCUT2D eigenvalue weighted by Gasteiger charge is -2.13. The van der Waals surface area contributed by atoms with E-state index in [0.29, 0.717) is 41.7 Å². The lowest BCUT2D eigenvalue weighted by Crippen LogP contribution is -2.04. The predicted octanol–water partition coefficient (Wildman–Crippen LogP) is 5.29. The zero-order valence-corrected chi connectivity index (χ0v) is 14.0. The zero-order valence-electron chi connectivity index (χ0n) is 13.2. The van der Waals surface area contributed by atoms with E-state index in [1.165, 1.54) is 0 Å². The molecule has 21 heavy (non-hydrogen) atoms. The predicted molar refractivity (Wildman–Crippen MR) is 86.9 cm³/mol. The van der Waals surface area contributed by atoms with Gasteiger partial charge in [0.1, 0.15) is 0 Å². The van der Waals surface area contributed by atoms with Crippen LogP contribution in [0.15, 0.2) is 12.1 Å². The normalized spacial score (nSPS) is 10.5. The molecule has 0 unspecified atom stereocenters. The minimum atomic E-state index is 0.0695. The average molecular weight is 313 g/mol. The first kappa shape index (κ1) is 17.8. The van der Waals surface area contributed by atoms with Crippen LogP contribution in [-0.4, -0.2) is 19.0 Å². The number of hydrogen-bond acceptors (Lipinski definition) is 3. The Balaban J connectivity index is 2.85. The Morgan fingerprint density at radius 1 is 1.00 bits per heavy atom. The van der Waals surface area contributed by atoms with Crippen molar-refractivity contribution in [3.05, 3.63) is 22.7 Å². The topological polar surface area (TPSA) is 35.5 Å². The third-order valence-corrected chi connectivity index (χ3v) is 3.50. The van der Waals surface area contributed by atoms with Gasteiger partial charge in [-0.3, -0.25) is 4.79 Å². The van der Waals surface area contributed by atoms with Crippen LogP contribution in [0.2, 0.25) is 5.02 Å². The van der Waals surface area contributed by atoms with Crippen molar-refractivity contribution in [2.24, 2.45) is 0 Å². The highest BCUT2D eigenvalue weighted by molar-refractivity contribution is 6.34. The summed E-state index contributed by atoms with van der Waals surface area (Å²) < 4.78 is 11.0. The number of Topliss-reactive ketones (excluding diaryl/α,β-unsaturated/α-hetero) is 1. The molecule has 1 aromatic carbocycles. The van der Waals surface area contributed by atoms with Crippen LogP contribution in [0.4, 0.5) is 0 Å². The first-order valence-electron chi connectivity index (χ1n) is 7.76. The largest absolute Gasteiger partial charge is 0.490 e. The number of benzene rings is 1. The van der Waals surface area contributed by atoms with Gasteiger partial charge in [0.15, 0.2) is 17.3 Å². The lowest BCUT2D eigenvalue weighted by molar-refractivity contribution is 0.0978. The summed E-state index contributed by atoms with van der Waals surface area (Å²) in [5, 5.41) is 0.433. The molecule has 0 aliphatic carbocycles. The molecule has 0 saturated carbocycles. The Morgan fingerprint density at radius 3 is 2.19 bits per heavy atom. The molecule has 0 spiro atoms. The number of ketones is 1. The van der Waals surface area contributed by atoms with E-state index in [-0.39, 0.29) is 5.78 Å². The number of hydrogen-bond donors (Lipinski definition) is 0. The monoisotopic (exact) mass is 312 g/mol. The van der Waals surface area contributed by atoms with Crippen LogP contribution in [0, 0.1) is 0 Å². The first-order valence-corrected chi connectivity index (χ1v) is 8.14. The van der Waals surface area contributed by atoms with Crippen molar-refractivity contribution < 1.29 is 14.3 Å². The maximum atomic E-state index is 12.3. The van der Waals surface area contributed by atoms with Crippen LogP contribution in [0.1, 0.15) is 63.2 Å². The Bertz CT molecular complexity index is 458. The Morgan fingerprint density at radius 2 is 1.62 bits per heavy atom. The van der Waals surface area contributed by atoms with Crippen molar-refractivity contribution in [3.8, 4) is 11.5 Å². The second kappa shape index (κ2) is 9.67. The maximum absolute atomic E-state index is 12.3.